The van der Waals surface area contributed by atoms with Gasteiger partial charge in [0, 0.05) is 45.1 Å². The normalized spacial score (nSPS) is 10.9. The second-order valence-electron chi connectivity index (χ2n) is 6.48. The molecular weight excluding hydrogens is 378 g/mol. The Morgan fingerprint density at radius 1 is 1.03 bits per heavy atom. The van der Waals surface area contributed by atoms with E-state index in [2.05, 4.69) is 21.0 Å². The van der Waals surface area contributed by atoms with Gasteiger partial charge in [-0.25, -0.2) is 0 Å². The van der Waals surface area contributed by atoms with E-state index in [-0.39, 0.29) is 7.33 Å². The number of ether oxygens (including phenoxy) is 1. The third kappa shape index (κ3) is 6.65. The summed E-state index contributed by atoms with van der Waals surface area (Å²) in [5.41, 5.74) is 5.18. The number of benzene rings is 2. The van der Waals surface area contributed by atoms with Crippen molar-refractivity contribution in [3.63, 3.8) is 0 Å². The molecule has 0 aliphatic carbocycles. The number of hydrazine groups is 1. The Hall–Kier alpha value is -3.84. The van der Waals surface area contributed by atoms with Crippen LogP contribution in [-0.2, 0) is 11.3 Å². The first-order valence-electron chi connectivity index (χ1n) is 9.64. The van der Waals surface area contributed by atoms with E-state index in [9.17, 15) is 4.79 Å². The lowest BCUT2D eigenvalue weighted by atomic mass is 10.2. The number of pyridine rings is 1. The molecule has 30 heavy (non-hydrogen) atoms. The van der Waals surface area contributed by atoms with E-state index < -0.39 is 0 Å². The number of para-hydroxylation sites is 1. The predicted octanol–water partition coefficient (Wildman–Crippen LogP) is 3.18. The molecule has 0 radical (unpaired) electrons. The van der Waals surface area contributed by atoms with Crippen molar-refractivity contribution in [2.45, 2.75) is 13.0 Å². The summed E-state index contributed by atoms with van der Waals surface area (Å²) in [7, 11) is 0. The summed E-state index contributed by atoms with van der Waals surface area (Å²) in [4.78, 5) is 16.1. The van der Waals surface area contributed by atoms with Crippen molar-refractivity contribution in [1.82, 2.24) is 21.0 Å². The molecule has 0 fully saturated rings. The van der Waals surface area contributed by atoms with Crippen molar-refractivity contribution >= 4 is 11.6 Å². The molecule has 0 aliphatic rings. The van der Waals surface area contributed by atoms with Crippen LogP contribution in [0.25, 0.3) is 5.70 Å². The van der Waals surface area contributed by atoms with Crippen LogP contribution in [0.3, 0.4) is 0 Å². The Labute approximate surface area is 177 Å². The summed E-state index contributed by atoms with van der Waals surface area (Å²) in [6.45, 7) is 0.951. The van der Waals surface area contributed by atoms with E-state index in [1.165, 1.54) is 0 Å². The molecule has 0 saturated heterocycles. The van der Waals surface area contributed by atoms with Gasteiger partial charge >= 0.3 is 0 Å². The van der Waals surface area contributed by atoms with Gasteiger partial charge in [-0.3, -0.25) is 15.6 Å². The molecular formula is C23H27N5O2. The number of carbonyl (C=O) groups is 1. The van der Waals surface area contributed by atoms with Crippen LogP contribution in [0, 0.1) is 0 Å². The zero-order valence-electron chi connectivity index (χ0n) is 16.5. The Balaban J connectivity index is 0.00000341. The molecule has 5 N–H and O–H groups in total. The number of nitrogens with two attached hydrogens (primary N) is 1. The number of hydrogen-bond acceptors (Lipinski definition) is 6. The SMILES string of the molecule is NN/C(=C\NCCC(=O)NCc1ccc(Oc2ccccc2)cc1)c1cccnc1.[HH]. The molecule has 1 heterocycles. The first-order chi connectivity index (χ1) is 14.7. The quantitative estimate of drug-likeness (QED) is 0.235. The summed E-state index contributed by atoms with van der Waals surface area (Å²) in [6, 6.07) is 21.0. The van der Waals surface area contributed by atoms with Crippen LogP contribution in [0.5, 0.6) is 11.5 Å². The third-order valence-electron chi connectivity index (χ3n) is 4.26. The van der Waals surface area contributed by atoms with Crippen molar-refractivity contribution in [2.24, 2.45) is 5.84 Å². The summed E-state index contributed by atoms with van der Waals surface area (Å²) >= 11 is 0. The Morgan fingerprint density at radius 2 is 1.80 bits per heavy atom. The fourth-order valence-electron chi connectivity index (χ4n) is 2.68. The number of hydrogen-bond donors (Lipinski definition) is 4. The molecule has 1 aromatic heterocycles. The van der Waals surface area contributed by atoms with Crippen molar-refractivity contribution < 1.29 is 11.0 Å². The molecule has 1 amide bonds. The maximum absolute atomic E-state index is 12.1. The standard InChI is InChI=1S/C23H25N5O2.H2/c24-28-22(19-5-4-13-25-16-19)17-26-14-12-23(29)27-15-18-8-10-21(11-9-18)30-20-6-2-1-3-7-20;/h1-11,13,16-17,26,28H,12,14-15,24H2,(H,27,29);1H/b22-17-;. The van der Waals surface area contributed by atoms with Gasteiger partial charge in [0.15, 0.2) is 0 Å². The van der Waals surface area contributed by atoms with Gasteiger partial charge in [-0.15, -0.1) is 0 Å². The highest BCUT2D eigenvalue weighted by molar-refractivity contribution is 5.76. The summed E-state index contributed by atoms with van der Waals surface area (Å²) in [6.07, 6.45) is 5.47. The highest BCUT2D eigenvalue weighted by Gasteiger charge is 2.03. The topological polar surface area (TPSA) is 101 Å². The fraction of sp³-hybridized carbons (Fsp3) is 0.130. The molecule has 2 aromatic carbocycles. The Bertz CT molecular complexity index is 951. The average Bonchev–Trinajstić information content (AvgIpc) is 2.80. The summed E-state index contributed by atoms with van der Waals surface area (Å²) in [5.74, 6) is 7.04. The predicted molar refractivity (Wildman–Crippen MR) is 119 cm³/mol. The number of nitrogens with one attached hydrogen (secondary N) is 3. The molecule has 0 atom stereocenters. The van der Waals surface area contributed by atoms with Crippen LogP contribution in [0.1, 0.15) is 19.0 Å². The van der Waals surface area contributed by atoms with E-state index >= 15 is 0 Å². The molecule has 0 saturated carbocycles. The van der Waals surface area contributed by atoms with Crippen LogP contribution in [0.4, 0.5) is 0 Å². The molecule has 3 rings (SSSR count). The van der Waals surface area contributed by atoms with Crippen LogP contribution >= 0.6 is 0 Å². The fourth-order valence-corrected chi connectivity index (χ4v) is 2.68. The van der Waals surface area contributed by atoms with Crippen molar-refractivity contribution in [2.75, 3.05) is 6.54 Å². The molecule has 3 aromatic rings. The smallest absolute Gasteiger partial charge is 0.222 e. The van der Waals surface area contributed by atoms with Gasteiger partial charge in [-0.1, -0.05) is 30.3 Å². The minimum Gasteiger partial charge on any atom is -0.457 e. The lowest BCUT2D eigenvalue weighted by Crippen LogP contribution is -2.27. The first-order valence-corrected chi connectivity index (χ1v) is 9.64. The number of carbonyl (C=O) groups excluding carboxylic acids is 1. The van der Waals surface area contributed by atoms with E-state index in [1.807, 2.05) is 66.7 Å². The van der Waals surface area contributed by atoms with Gasteiger partial charge in [-0.2, -0.15) is 0 Å². The molecule has 0 spiro atoms. The molecule has 7 heteroatoms. The molecule has 156 valence electrons. The number of nitrogens with zero attached hydrogens (tertiary/aromatic N) is 1. The Morgan fingerprint density at radius 3 is 2.50 bits per heavy atom. The van der Waals surface area contributed by atoms with E-state index in [0.717, 1.165) is 22.6 Å². The van der Waals surface area contributed by atoms with Gasteiger partial charge in [0.25, 0.3) is 0 Å². The van der Waals surface area contributed by atoms with E-state index in [1.54, 1.807) is 18.6 Å². The zero-order chi connectivity index (χ0) is 21.0. The van der Waals surface area contributed by atoms with Crippen molar-refractivity contribution in [1.29, 1.82) is 0 Å². The summed E-state index contributed by atoms with van der Waals surface area (Å²) in [5, 5.41) is 6.00. The number of amides is 1. The molecule has 0 aliphatic heterocycles. The monoisotopic (exact) mass is 405 g/mol. The van der Waals surface area contributed by atoms with Gasteiger partial charge in [0.2, 0.25) is 5.91 Å². The van der Waals surface area contributed by atoms with Gasteiger partial charge in [0.1, 0.15) is 11.5 Å². The minimum absolute atomic E-state index is 0. The van der Waals surface area contributed by atoms with Gasteiger partial charge in [-0.05, 0) is 42.0 Å². The van der Waals surface area contributed by atoms with Crippen LogP contribution in [0.15, 0.2) is 85.3 Å². The van der Waals surface area contributed by atoms with Gasteiger partial charge in [0.05, 0.1) is 5.70 Å². The highest BCUT2D eigenvalue weighted by Crippen LogP contribution is 2.21. The molecule has 7 nitrogen and oxygen atoms in total. The summed E-state index contributed by atoms with van der Waals surface area (Å²) < 4.78 is 5.77. The van der Waals surface area contributed by atoms with Crippen LogP contribution < -0.4 is 26.6 Å². The second kappa shape index (κ2) is 11.2. The highest BCUT2D eigenvalue weighted by atomic mass is 16.5. The van der Waals surface area contributed by atoms with Crippen LogP contribution in [0.2, 0.25) is 0 Å². The largest absolute Gasteiger partial charge is 0.457 e. The van der Waals surface area contributed by atoms with E-state index in [0.29, 0.717) is 25.2 Å². The first kappa shape index (κ1) is 20.9. The number of rotatable bonds is 10. The van der Waals surface area contributed by atoms with Crippen molar-refractivity contribution in [3.05, 3.63) is 96.5 Å². The average molecular weight is 406 g/mol. The molecule has 0 bridgehead atoms. The maximum Gasteiger partial charge on any atom is 0.222 e. The van der Waals surface area contributed by atoms with Gasteiger partial charge < -0.3 is 20.8 Å². The van der Waals surface area contributed by atoms with E-state index in [4.69, 9.17) is 10.6 Å². The number of aromatic nitrogens is 1. The third-order valence-corrected chi connectivity index (χ3v) is 4.26. The zero-order valence-corrected chi connectivity index (χ0v) is 16.5. The maximum atomic E-state index is 12.1. The van der Waals surface area contributed by atoms with Crippen LogP contribution in [-0.4, -0.2) is 17.4 Å². The lowest BCUT2D eigenvalue weighted by molar-refractivity contribution is -0.121. The lowest BCUT2D eigenvalue weighted by Gasteiger charge is -2.09. The minimum atomic E-state index is -0.0378. The Kier molecular flexibility index (Phi) is 7.82. The second-order valence-corrected chi connectivity index (χ2v) is 6.48. The molecule has 0 unspecified atom stereocenters. The van der Waals surface area contributed by atoms with Crippen molar-refractivity contribution in [3.8, 4) is 11.5 Å².